The molecule has 0 aliphatic heterocycles. The van der Waals surface area contributed by atoms with Crippen molar-refractivity contribution < 1.29 is 17.3 Å². The number of diazo groups is 1. The number of nitrogens with zero attached hydrogens (tertiary/aromatic N) is 2. The van der Waals surface area contributed by atoms with Gasteiger partial charge in [0, 0.05) is 6.07 Å². The minimum absolute atomic E-state index is 0.521. The fraction of sp³-hybridized carbons (Fsp3) is 0.143. The molecule has 0 fully saturated rings. The molecule has 0 saturated heterocycles. The molecule has 0 N–H and O–H groups in total. The van der Waals surface area contributed by atoms with Crippen LogP contribution in [-0.4, -0.2) is 7.25 Å². The highest BCUT2D eigenvalue weighted by Gasteiger charge is 2.20. The average Bonchev–Trinajstić information content (AvgIpc) is 2.07. The normalized spacial score (nSPS) is 9.93. The second-order valence-corrected chi connectivity index (χ2v) is 2.89. The summed E-state index contributed by atoms with van der Waals surface area (Å²) < 4.78 is 39.0. The molecular formula is C7H6BClF4N2. The molecule has 1 aromatic carbocycles. The van der Waals surface area contributed by atoms with E-state index in [9.17, 15) is 17.3 Å². The van der Waals surface area contributed by atoms with E-state index >= 15 is 0 Å². The van der Waals surface area contributed by atoms with Crippen molar-refractivity contribution >= 4 is 24.5 Å². The number of hydrogen-bond donors (Lipinski definition) is 0. The van der Waals surface area contributed by atoms with Gasteiger partial charge in [0.15, 0.2) is 4.98 Å². The van der Waals surface area contributed by atoms with Crippen LogP contribution in [0.5, 0.6) is 0 Å². The SMILES string of the molecule is Cc1c(Cl)cccc1[N+]#N.F[B-](F)(F)F. The molecule has 0 saturated carbocycles. The second-order valence-electron chi connectivity index (χ2n) is 2.48. The highest BCUT2D eigenvalue weighted by molar-refractivity contribution is 6.50. The Kier molecular flexibility index (Phi) is 5.08. The minimum Gasteiger partial charge on any atom is -0.418 e. The van der Waals surface area contributed by atoms with E-state index < -0.39 is 7.25 Å². The van der Waals surface area contributed by atoms with Gasteiger partial charge >= 0.3 is 12.9 Å². The van der Waals surface area contributed by atoms with Gasteiger partial charge in [-0.1, -0.05) is 17.7 Å². The molecule has 1 rings (SSSR count). The van der Waals surface area contributed by atoms with Gasteiger partial charge in [-0.05, 0) is 13.0 Å². The second kappa shape index (κ2) is 5.56. The van der Waals surface area contributed by atoms with Gasteiger partial charge in [-0.25, -0.2) is 0 Å². The summed E-state index contributed by atoms with van der Waals surface area (Å²) in [7, 11) is -6.00. The first-order valence-electron chi connectivity index (χ1n) is 3.73. The first-order chi connectivity index (χ1) is 6.75. The number of halogens is 5. The summed E-state index contributed by atoms with van der Waals surface area (Å²) in [6.07, 6.45) is 0. The van der Waals surface area contributed by atoms with Crippen LogP contribution in [0.15, 0.2) is 18.2 Å². The Labute approximate surface area is 88.6 Å². The van der Waals surface area contributed by atoms with E-state index in [1.807, 2.05) is 0 Å². The van der Waals surface area contributed by atoms with E-state index in [0.29, 0.717) is 10.7 Å². The summed E-state index contributed by atoms with van der Waals surface area (Å²) in [6.45, 7) is 1.80. The molecule has 0 radical (unpaired) electrons. The highest BCUT2D eigenvalue weighted by Crippen LogP contribution is 2.24. The molecule has 1 aromatic rings. The van der Waals surface area contributed by atoms with Gasteiger partial charge in [0.05, 0.1) is 10.6 Å². The summed E-state index contributed by atoms with van der Waals surface area (Å²) in [6, 6.07) is 5.19. The topological polar surface area (TPSA) is 28.1 Å². The van der Waals surface area contributed by atoms with Crippen molar-refractivity contribution in [2.75, 3.05) is 0 Å². The van der Waals surface area contributed by atoms with Crippen molar-refractivity contribution in [3.8, 4) is 0 Å². The van der Waals surface area contributed by atoms with E-state index in [-0.39, 0.29) is 0 Å². The molecular weight excluding hydrogens is 234 g/mol. The van der Waals surface area contributed by atoms with Gasteiger partial charge in [-0.2, -0.15) is 0 Å². The van der Waals surface area contributed by atoms with Crippen LogP contribution in [0.1, 0.15) is 5.56 Å². The fourth-order valence-electron chi connectivity index (χ4n) is 0.704. The van der Waals surface area contributed by atoms with Gasteiger partial charge in [-0.3, -0.25) is 0 Å². The lowest BCUT2D eigenvalue weighted by Crippen LogP contribution is -2.02. The van der Waals surface area contributed by atoms with Gasteiger partial charge in [0.1, 0.15) is 0 Å². The van der Waals surface area contributed by atoms with Crippen LogP contribution in [0.2, 0.25) is 5.02 Å². The van der Waals surface area contributed by atoms with Gasteiger partial charge in [-0.15, -0.1) is 0 Å². The number of rotatable bonds is 0. The Morgan fingerprint density at radius 1 is 1.27 bits per heavy atom. The molecule has 0 unspecified atom stereocenters. The molecule has 2 nitrogen and oxygen atoms in total. The van der Waals surface area contributed by atoms with Crippen LogP contribution in [0, 0.1) is 12.3 Å². The molecule has 0 bridgehead atoms. The van der Waals surface area contributed by atoms with Crippen LogP contribution in [-0.2, 0) is 0 Å². The van der Waals surface area contributed by atoms with Gasteiger partial charge < -0.3 is 17.3 Å². The number of hydrogen-bond acceptors (Lipinski definition) is 1. The quantitative estimate of drug-likeness (QED) is 0.374. The van der Waals surface area contributed by atoms with Crippen molar-refractivity contribution in [3.63, 3.8) is 0 Å². The maximum absolute atomic E-state index is 9.75. The summed E-state index contributed by atoms with van der Waals surface area (Å²) >= 11 is 5.72. The first-order valence-corrected chi connectivity index (χ1v) is 4.11. The zero-order valence-electron chi connectivity index (χ0n) is 7.59. The van der Waals surface area contributed by atoms with Crippen LogP contribution in [0.25, 0.3) is 4.98 Å². The van der Waals surface area contributed by atoms with Gasteiger partial charge in [0.2, 0.25) is 5.39 Å². The third kappa shape index (κ3) is 6.74. The standard InChI is InChI=1S/C7H6ClN2.BF4/c1-5-6(8)3-2-4-7(5)10-9;2-1(3,4)5/h2-4H,1H3;/q+1;-1. The highest BCUT2D eigenvalue weighted by atomic mass is 35.5. The van der Waals surface area contributed by atoms with E-state index in [2.05, 4.69) is 4.98 Å². The molecule has 0 aromatic heterocycles. The predicted molar refractivity (Wildman–Crippen MR) is 51.1 cm³/mol. The number of benzene rings is 1. The summed E-state index contributed by atoms with van der Waals surface area (Å²) in [5.41, 5.74) is 1.32. The van der Waals surface area contributed by atoms with Crippen molar-refractivity contribution in [2.45, 2.75) is 6.92 Å². The third-order valence-corrected chi connectivity index (χ3v) is 1.76. The van der Waals surface area contributed by atoms with Gasteiger partial charge in [0.25, 0.3) is 0 Å². The van der Waals surface area contributed by atoms with E-state index in [0.717, 1.165) is 5.56 Å². The van der Waals surface area contributed by atoms with Crippen molar-refractivity contribution in [3.05, 3.63) is 33.8 Å². The molecule has 15 heavy (non-hydrogen) atoms. The zero-order valence-corrected chi connectivity index (χ0v) is 8.35. The molecule has 82 valence electrons. The lowest BCUT2D eigenvalue weighted by atomic mass is 10.2. The Morgan fingerprint density at radius 3 is 2.07 bits per heavy atom. The summed E-state index contributed by atoms with van der Waals surface area (Å²) in [5.74, 6) is 0. The van der Waals surface area contributed by atoms with Crippen LogP contribution >= 0.6 is 11.6 Å². The summed E-state index contributed by atoms with van der Waals surface area (Å²) in [4.78, 5) is 3.05. The molecule has 0 aliphatic rings. The molecule has 0 atom stereocenters. The Bertz CT molecular complexity index is 368. The van der Waals surface area contributed by atoms with Crippen molar-refractivity contribution in [1.82, 2.24) is 0 Å². The Hall–Kier alpha value is -1.29. The fourth-order valence-corrected chi connectivity index (χ4v) is 0.874. The van der Waals surface area contributed by atoms with Crippen LogP contribution in [0.4, 0.5) is 23.0 Å². The predicted octanol–water partition coefficient (Wildman–Crippen LogP) is 4.43. The molecule has 8 heteroatoms. The van der Waals surface area contributed by atoms with Crippen molar-refractivity contribution in [1.29, 1.82) is 5.39 Å². The lowest BCUT2D eigenvalue weighted by molar-refractivity contribution is 0.368. The Balaban J connectivity index is 0.000000336. The molecule has 0 amide bonds. The zero-order chi connectivity index (χ0) is 12.1. The van der Waals surface area contributed by atoms with Crippen molar-refractivity contribution in [2.24, 2.45) is 0 Å². The maximum Gasteiger partial charge on any atom is 0.673 e. The first kappa shape index (κ1) is 13.7. The Morgan fingerprint density at radius 2 is 1.73 bits per heavy atom. The molecule has 0 spiro atoms. The molecule has 0 aliphatic carbocycles. The average molecular weight is 240 g/mol. The van der Waals surface area contributed by atoms with E-state index in [4.69, 9.17) is 17.0 Å². The minimum atomic E-state index is -6.00. The van der Waals surface area contributed by atoms with Crippen LogP contribution < -0.4 is 0 Å². The largest absolute Gasteiger partial charge is 0.673 e. The van der Waals surface area contributed by atoms with E-state index in [1.165, 1.54) is 0 Å². The smallest absolute Gasteiger partial charge is 0.418 e. The maximum atomic E-state index is 9.75. The molecule has 0 heterocycles. The van der Waals surface area contributed by atoms with Crippen LogP contribution in [0.3, 0.4) is 0 Å². The summed E-state index contributed by atoms with van der Waals surface area (Å²) in [5, 5.41) is 9.03. The lowest BCUT2D eigenvalue weighted by Gasteiger charge is -1.94. The third-order valence-electron chi connectivity index (χ3n) is 1.35. The monoisotopic (exact) mass is 240 g/mol. The van der Waals surface area contributed by atoms with E-state index in [1.54, 1.807) is 25.1 Å².